The van der Waals surface area contributed by atoms with Gasteiger partial charge in [-0.1, -0.05) is 38.8 Å². The molecule has 0 fully saturated rings. The van der Waals surface area contributed by atoms with E-state index in [9.17, 15) is 14.7 Å². The fourth-order valence-corrected chi connectivity index (χ4v) is 2.98. The van der Waals surface area contributed by atoms with Crippen LogP contribution in [0.5, 0.6) is 0 Å². The summed E-state index contributed by atoms with van der Waals surface area (Å²) in [6, 6.07) is 6.74. The number of nitrogens with zero attached hydrogens (tertiary/aromatic N) is 2. The highest BCUT2D eigenvalue weighted by Crippen LogP contribution is 2.18. The number of carboxylic acids is 2. The summed E-state index contributed by atoms with van der Waals surface area (Å²) in [5.41, 5.74) is 2.34. The largest absolute Gasteiger partial charge is 0.478 e. The van der Waals surface area contributed by atoms with Gasteiger partial charge in [-0.2, -0.15) is 0 Å². The van der Waals surface area contributed by atoms with Crippen LogP contribution in [0.25, 0.3) is 6.08 Å². The molecule has 1 heterocycles. The Balaban J connectivity index is 2.37. The minimum Gasteiger partial charge on any atom is -0.478 e. The summed E-state index contributed by atoms with van der Waals surface area (Å²) in [6.07, 6.45) is 8.58. The molecule has 2 rings (SSSR count). The molecule has 0 bridgehead atoms. The molecule has 2 N–H and O–H groups in total. The second kappa shape index (κ2) is 10.4. The van der Waals surface area contributed by atoms with Crippen LogP contribution in [0, 0.1) is 0 Å². The van der Waals surface area contributed by atoms with Crippen LogP contribution in [0.15, 0.2) is 36.0 Å². The molecule has 0 aliphatic heterocycles. The fraction of sp³-hybridized carbons (Fsp3) is 0.409. The smallest absolute Gasteiger partial charge is 0.335 e. The number of aromatic carboxylic acids is 1. The first kappa shape index (κ1) is 21.4. The zero-order valence-electron chi connectivity index (χ0n) is 16.5. The molecule has 0 unspecified atom stereocenters. The third-order valence-electron chi connectivity index (χ3n) is 4.66. The first-order valence-corrected chi connectivity index (χ1v) is 9.76. The average molecular weight is 384 g/mol. The first-order chi connectivity index (χ1) is 13.5. The minimum absolute atomic E-state index is 0.244. The Hall–Kier alpha value is -2.89. The maximum Gasteiger partial charge on any atom is 0.335 e. The molecule has 0 atom stereocenters. The van der Waals surface area contributed by atoms with Gasteiger partial charge in [0.15, 0.2) is 0 Å². The van der Waals surface area contributed by atoms with Crippen LogP contribution in [0.2, 0.25) is 0 Å². The number of benzene rings is 1. The quantitative estimate of drug-likeness (QED) is 0.551. The van der Waals surface area contributed by atoms with Gasteiger partial charge in [0.2, 0.25) is 0 Å². The van der Waals surface area contributed by atoms with Crippen molar-refractivity contribution >= 4 is 18.0 Å². The zero-order valence-corrected chi connectivity index (χ0v) is 16.5. The van der Waals surface area contributed by atoms with Crippen LogP contribution in [-0.2, 0) is 17.8 Å². The average Bonchev–Trinajstić information content (AvgIpc) is 3.04. The predicted octanol–water partition coefficient (Wildman–Crippen LogP) is 4.63. The molecule has 2 aromatic rings. The van der Waals surface area contributed by atoms with E-state index >= 15 is 0 Å². The molecule has 0 aliphatic rings. The molecule has 6 heteroatoms. The van der Waals surface area contributed by atoms with Gasteiger partial charge in [0.25, 0.3) is 0 Å². The molecule has 0 saturated heterocycles. The summed E-state index contributed by atoms with van der Waals surface area (Å²) in [5, 5.41) is 18.6. The molecule has 150 valence electrons. The van der Waals surface area contributed by atoms with Gasteiger partial charge in [0, 0.05) is 18.5 Å². The summed E-state index contributed by atoms with van der Waals surface area (Å²) in [5.74, 6) is -0.943. The summed E-state index contributed by atoms with van der Waals surface area (Å²) in [6.45, 7) is 4.67. The van der Waals surface area contributed by atoms with Gasteiger partial charge < -0.3 is 14.8 Å². The van der Waals surface area contributed by atoms with Gasteiger partial charge in [-0.3, -0.25) is 0 Å². The number of aryl methyl sites for hydroxylation is 1. The van der Waals surface area contributed by atoms with Crippen molar-refractivity contribution in [2.45, 2.75) is 58.9 Å². The number of unbranched alkanes of at least 4 members (excludes halogenated alkanes) is 2. The van der Waals surface area contributed by atoms with Crippen LogP contribution >= 0.6 is 0 Å². The van der Waals surface area contributed by atoms with Crippen molar-refractivity contribution < 1.29 is 19.8 Å². The minimum atomic E-state index is -0.955. The lowest BCUT2D eigenvalue weighted by Crippen LogP contribution is -2.09. The highest BCUT2D eigenvalue weighted by atomic mass is 16.4. The molecular weight excluding hydrogens is 356 g/mol. The van der Waals surface area contributed by atoms with E-state index in [1.165, 1.54) is 0 Å². The lowest BCUT2D eigenvalue weighted by atomic mass is 10.1. The van der Waals surface area contributed by atoms with E-state index in [-0.39, 0.29) is 5.56 Å². The van der Waals surface area contributed by atoms with Crippen LogP contribution in [0.3, 0.4) is 0 Å². The molecule has 6 nitrogen and oxygen atoms in total. The molecule has 0 aliphatic carbocycles. The zero-order chi connectivity index (χ0) is 20.5. The first-order valence-electron chi connectivity index (χ1n) is 9.76. The third-order valence-corrected chi connectivity index (χ3v) is 4.66. The van der Waals surface area contributed by atoms with E-state index in [0.717, 1.165) is 49.2 Å². The van der Waals surface area contributed by atoms with E-state index in [1.54, 1.807) is 36.5 Å². The molecule has 1 aromatic heterocycles. The molecule has 0 radical (unpaired) electrons. The number of rotatable bonds is 11. The Morgan fingerprint density at radius 3 is 2.32 bits per heavy atom. The van der Waals surface area contributed by atoms with Crippen LogP contribution < -0.4 is 0 Å². The van der Waals surface area contributed by atoms with Gasteiger partial charge in [0.1, 0.15) is 5.82 Å². The summed E-state index contributed by atoms with van der Waals surface area (Å²) in [7, 11) is 0. The van der Waals surface area contributed by atoms with E-state index in [2.05, 4.69) is 11.9 Å². The van der Waals surface area contributed by atoms with Crippen molar-refractivity contribution in [1.29, 1.82) is 0 Å². The maximum atomic E-state index is 11.6. The standard InChI is InChI=1S/C22H28N2O4/c1-3-5-7-18(22(27)28)13-19-14-23-20(8-6-4-2)24(19)15-16-9-11-17(12-10-16)21(25)26/h9-14H,3-8,15H2,1-2H3,(H,25,26)(H,27,28)/b18-13+. The molecular formula is C22H28N2O4. The Labute approximate surface area is 165 Å². The van der Waals surface area contributed by atoms with Gasteiger partial charge in [-0.15, -0.1) is 0 Å². The number of hydrogen-bond acceptors (Lipinski definition) is 3. The predicted molar refractivity (Wildman–Crippen MR) is 108 cm³/mol. The number of imidazole rings is 1. The molecule has 0 spiro atoms. The number of aliphatic carboxylic acids is 1. The monoisotopic (exact) mass is 384 g/mol. The second-order valence-electron chi connectivity index (χ2n) is 6.87. The summed E-state index contributed by atoms with van der Waals surface area (Å²) >= 11 is 0. The van der Waals surface area contributed by atoms with Gasteiger partial charge in [-0.05, 0) is 43.0 Å². The maximum absolute atomic E-state index is 11.6. The summed E-state index contributed by atoms with van der Waals surface area (Å²) in [4.78, 5) is 27.2. The molecule has 0 amide bonds. The third kappa shape index (κ3) is 5.81. The number of hydrogen-bond donors (Lipinski definition) is 2. The van der Waals surface area contributed by atoms with Crippen LogP contribution in [0.1, 0.15) is 73.4 Å². The van der Waals surface area contributed by atoms with Crippen molar-refractivity contribution in [2.75, 3.05) is 0 Å². The van der Waals surface area contributed by atoms with Crippen LogP contribution in [-0.4, -0.2) is 31.7 Å². The normalized spacial score (nSPS) is 11.6. The van der Waals surface area contributed by atoms with E-state index in [4.69, 9.17) is 5.11 Å². The van der Waals surface area contributed by atoms with Gasteiger partial charge in [-0.25, -0.2) is 14.6 Å². The van der Waals surface area contributed by atoms with E-state index < -0.39 is 11.9 Å². The van der Waals surface area contributed by atoms with Crippen molar-refractivity contribution in [3.8, 4) is 0 Å². The summed E-state index contributed by atoms with van der Waals surface area (Å²) < 4.78 is 2.03. The fourth-order valence-electron chi connectivity index (χ4n) is 2.98. The van der Waals surface area contributed by atoms with Gasteiger partial charge in [0.05, 0.1) is 17.5 Å². The Morgan fingerprint density at radius 2 is 1.75 bits per heavy atom. The van der Waals surface area contributed by atoms with Crippen molar-refractivity contribution in [3.63, 3.8) is 0 Å². The Bertz CT molecular complexity index is 835. The van der Waals surface area contributed by atoms with Crippen molar-refractivity contribution in [2.24, 2.45) is 0 Å². The molecule has 0 saturated carbocycles. The highest BCUT2D eigenvalue weighted by Gasteiger charge is 2.13. The SMILES string of the molecule is CCCC/C(=C\c1cnc(CCCC)n1Cc1ccc(C(=O)O)cc1)C(=O)O. The number of aromatic nitrogens is 2. The number of carboxylic acid groups (broad SMARTS) is 2. The van der Waals surface area contributed by atoms with Gasteiger partial charge >= 0.3 is 11.9 Å². The molecule has 1 aromatic carbocycles. The molecule has 28 heavy (non-hydrogen) atoms. The number of carbonyl (C=O) groups is 2. The lowest BCUT2D eigenvalue weighted by Gasteiger charge is -2.12. The van der Waals surface area contributed by atoms with E-state index in [1.807, 2.05) is 11.5 Å². The Morgan fingerprint density at radius 1 is 1.07 bits per heavy atom. The highest BCUT2D eigenvalue weighted by molar-refractivity contribution is 5.91. The van der Waals surface area contributed by atoms with Crippen molar-refractivity contribution in [3.05, 3.63) is 58.7 Å². The second-order valence-corrected chi connectivity index (χ2v) is 6.87. The van der Waals surface area contributed by atoms with Crippen molar-refractivity contribution in [1.82, 2.24) is 9.55 Å². The lowest BCUT2D eigenvalue weighted by molar-refractivity contribution is -0.132. The van der Waals surface area contributed by atoms with E-state index in [0.29, 0.717) is 18.5 Å². The van der Waals surface area contributed by atoms with Crippen LogP contribution in [0.4, 0.5) is 0 Å². The topological polar surface area (TPSA) is 92.4 Å². The Kier molecular flexibility index (Phi) is 7.99.